The molecule has 4 rings (SSSR count). The first-order valence-corrected chi connectivity index (χ1v) is 8.13. The zero-order valence-corrected chi connectivity index (χ0v) is 13.5. The minimum absolute atomic E-state index is 0.0374. The Kier molecular flexibility index (Phi) is 3.69. The van der Waals surface area contributed by atoms with Crippen molar-refractivity contribution < 1.29 is 9.53 Å². The van der Waals surface area contributed by atoms with Crippen LogP contribution in [0.5, 0.6) is 5.75 Å². The maximum Gasteiger partial charge on any atom is 0.240 e. The fraction of sp³-hybridized carbons (Fsp3) is 0.263. The molecule has 1 saturated carbocycles. The molecule has 5 nitrogen and oxygen atoms in total. The molecule has 24 heavy (non-hydrogen) atoms. The first-order valence-electron chi connectivity index (χ1n) is 8.13. The Labute approximate surface area is 140 Å². The minimum Gasteiger partial charge on any atom is -0.497 e. The first-order chi connectivity index (χ1) is 11.7. The molecule has 0 radical (unpaired) electrons. The number of fused-ring (bicyclic) bond motifs is 1. The Morgan fingerprint density at radius 2 is 1.96 bits per heavy atom. The average Bonchev–Trinajstić information content (AvgIpc) is 3.35. The number of nitrogens with one attached hydrogen (secondary N) is 1. The molecule has 2 aromatic carbocycles. The van der Waals surface area contributed by atoms with E-state index in [4.69, 9.17) is 9.72 Å². The summed E-state index contributed by atoms with van der Waals surface area (Å²) in [6.07, 6.45) is 2.17. The SMILES string of the molecule is COc1ccc(-c2nc3ccccc3n2CC(=O)NC2CC2)cc1. The molecule has 1 heterocycles. The molecule has 1 amide bonds. The number of hydrogen-bond acceptors (Lipinski definition) is 3. The third-order valence-electron chi connectivity index (χ3n) is 4.25. The van der Waals surface area contributed by atoms with Crippen LogP contribution in [0.15, 0.2) is 48.5 Å². The Morgan fingerprint density at radius 3 is 2.67 bits per heavy atom. The number of benzene rings is 2. The van der Waals surface area contributed by atoms with E-state index in [0.717, 1.165) is 41.0 Å². The molecule has 1 aromatic heterocycles. The number of rotatable bonds is 5. The summed E-state index contributed by atoms with van der Waals surface area (Å²) in [4.78, 5) is 17.0. The molecule has 0 atom stereocenters. The fourth-order valence-electron chi connectivity index (χ4n) is 2.84. The van der Waals surface area contributed by atoms with Crippen LogP contribution in [-0.2, 0) is 11.3 Å². The summed E-state index contributed by atoms with van der Waals surface area (Å²) < 4.78 is 7.20. The second-order valence-electron chi connectivity index (χ2n) is 6.08. The van der Waals surface area contributed by atoms with Gasteiger partial charge in [0.2, 0.25) is 5.91 Å². The van der Waals surface area contributed by atoms with Crippen molar-refractivity contribution in [1.29, 1.82) is 0 Å². The molecule has 0 unspecified atom stereocenters. The van der Waals surface area contributed by atoms with E-state index in [1.807, 2.05) is 53.1 Å². The lowest BCUT2D eigenvalue weighted by atomic mass is 10.2. The van der Waals surface area contributed by atoms with Crippen LogP contribution in [0.1, 0.15) is 12.8 Å². The number of ether oxygens (including phenoxy) is 1. The molecule has 3 aromatic rings. The Morgan fingerprint density at radius 1 is 1.21 bits per heavy atom. The van der Waals surface area contributed by atoms with Crippen molar-refractivity contribution in [3.8, 4) is 17.1 Å². The van der Waals surface area contributed by atoms with Crippen LogP contribution in [0, 0.1) is 0 Å². The van der Waals surface area contributed by atoms with E-state index in [-0.39, 0.29) is 12.5 Å². The molecular formula is C19H19N3O2. The van der Waals surface area contributed by atoms with Crippen molar-refractivity contribution in [3.63, 3.8) is 0 Å². The van der Waals surface area contributed by atoms with E-state index in [1.165, 1.54) is 0 Å². The standard InChI is InChI=1S/C19H19N3O2/c1-24-15-10-6-13(7-11-15)19-21-16-4-2-3-5-17(16)22(19)12-18(23)20-14-8-9-14/h2-7,10-11,14H,8-9,12H2,1H3,(H,20,23). The van der Waals surface area contributed by atoms with Crippen LogP contribution in [0.3, 0.4) is 0 Å². The maximum absolute atomic E-state index is 12.3. The lowest BCUT2D eigenvalue weighted by molar-refractivity contribution is -0.121. The van der Waals surface area contributed by atoms with Crippen LogP contribution in [0.2, 0.25) is 0 Å². The van der Waals surface area contributed by atoms with Crippen LogP contribution < -0.4 is 10.1 Å². The van der Waals surface area contributed by atoms with Gasteiger partial charge in [-0.2, -0.15) is 0 Å². The van der Waals surface area contributed by atoms with E-state index in [0.29, 0.717) is 6.04 Å². The highest BCUT2D eigenvalue weighted by atomic mass is 16.5. The first kappa shape index (κ1) is 14.8. The summed E-state index contributed by atoms with van der Waals surface area (Å²) in [6.45, 7) is 0.276. The van der Waals surface area contributed by atoms with Crippen LogP contribution in [-0.4, -0.2) is 28.6 Å². The predicted octanol–water partition coefficient (Wildman–Crippen LogP) is 2.99. The predicted molar refractivity (Wildman–Crippen MR) is 92.9 cm³/mol. The molecule has 1 fully saturated rings. The zero-order valence-electron chi connectivity index (χ0n) is 13.5. The van der Waals surface area contributed by atoms with Gasteiger partial charge in [0.1, 0.15) is 18.1 Å². The molecule has 1 aliphatic rings. The molecule has 1 N–H and O–H groups in total. The highest BCUT2D eigenvalue weighted by Crippen LogP contribution is 2.26. The van der Waals surface area contributed by atoms with Gasteiger partial charge in [0.15, 0.2) is 0 Å². The van der Waals surface area contributed by atoms with Crippen molar-refractivity contribution in [2.24, 2.45) is 0 Å². The van der Waals surface area contributed by atoms with Gasteiger partial charge in [0.25, 0.3) is 0 Å². The number of amides is 1. The summed E-state index contributed by atoms with van der Waals surface area (Å²) >= 11 is 0. The summed E-state index contributed by atoms with van der Waals surface area (Å²) in [6, 6.07) is 16.0. The lowest BCUT2D eigenvalue weighted by Gasteiger charge is -2.10. The quantitative estimate of drug-likeness (QED) is 0.786. The van der Waals surface area contributed by atoms with E-state index in [1.54, 1.807) is 7.11 Å². The Balaban J connectivity index is 1.74. The zero-order chi connectivity index (χ0) is 16.5. The second-order valence-corrected chi connectivity index (χ2v) is 6.08. The lowest BCUT2D eigenvalue weighted by Crippen LogP contribution is -2.29. The molecular weight excluding hydrogens is 302 g/mol. The summed E-state index contributed by atoms with van der Waals surface area (Å²) in [5.74, 6) is 1.63. The van der Waals surface area contributed by atoms with Gasteiger partial charge in [-0.15, -0.1) is 0 Å². The molecule has 0 saturated heterocycles. The van der Waals surface area contributed by atoms with E-state index >= 15 is 0 Å². The molecule has 5 heteroatoms. The van der Waals surface area contributed by atoms with Crippen LogP contribution in [0.4, 0.5) is 0 Å². The van der Waals surface area contributed by atoms with Crippen molar-refractivity contribution in [3.05, 3.63) is 48.5 Å². The third kappa shape index (κ3) is 2.85. The Bertz CT molecular complexity index is 879. The van der Waals surface area contributed by atoms with E-state index in [2.05, 4.69) is 5.32 Å². The molecule has 0 bridgehead atoms. The number of para-hydroxylation sites is 2. The van der Waals surface area contributed by atoms with Crippen molar-refractivity contribution in [2.75, 3.05) is 7.11 Å². The normalized spacial score (nSPS) is 13.9. The summed E-state index contributed by atoms with van der Waals surface area (Å²) in [7, 11) is 1.65. The van der Waals surface area contributed by atoms with Gasteiger partial charge in [-0.1, -0.05) is 12.1 Å². The van der Waals surface area contributed by atoms with Crippen molar-refractivity contribution >= 4 is 16.9 Å². The largest absolute Gasteiger partial charge is 0.497 e. The van der Waals surface area contributed by atoms with Gasteiger partial charge in [-0.3, -0.25) is 4.79 Å². The smallest absolute Gasteiger partial charge is 0.240 e. The van der Waals surface area contributed by atoms with E-state index < -0.39 is 0 Å². The molecule has 0 aliphatic heterocycles. The summed E-state index contributed by atoms with van der Waals surface area (Å²) in [5, 5.41) is 3.05. The number of imidazole rings is 1. The van der Waals surface area contributed by atoms with Crippen LogP contribution in [0.25, 0.3) is 22.4 Å². The number of hydrogen-bond donors (Lipinski definition) is 1. The Hall–Kier alpha value is -2.82. The molecule has 0 spiro atoms. The number of carbonyl (C=O) groups excluding carboxylic acids is 1. The van der Waals surface area contributed by atoms with Gasteiger partial charge in [-0.05, 0) is 49.2 Å². The average molecular weight is 321 g/mol. The number of aromatic nitrogens is 2. The van der Waals surface area contributed by atoms with Gasteiger partial charge in [-0.25, -0.2) is 4.98 Å². The number of nitrogens with zero attached hydrogens (tertiary/aromatic N) is 2. The monoisotopic (exact) mass is 321 g/mol. The van der Waals surface area contributed by atoms with Crippen molar-refractivity contribution in [2.45, 2.75) is 25.4 Å². The highest BCUT2D eigenvalue weighted by Gasteiger charge is 2.24. The van der Waals surface area contributed by atoms with Gasteiger partial charge >= 0.3 is 0 Å². The van der Waals surface area contributed by atoms with Gasteiger partial charge in [0.05, 0.1) is 18.1 Å². The topological polar surface area (TPSA) is 56.2 Å². The number of carbonyl (C=O) groups is 1. The van der Waals surface area contributed by atoms with Gasteiger partial charge in [0, 0.05) is 11.6 Å². The van der Waals surface area contributed by atoms with E-state index in [9.17, 15) is 4.79 Å². The third-order valence-corrected chi connectivity index (χ3v) is 4.25. The molecule has 1 aliphatic carbocycles. The fourth-order valence-corrected chi connectivity index (χ4v) is 2.84. The minimum atomic E-state index is 0.0374. The van der Waals surface area contributed by atoms with Gasteiger partial charge < -0.3 is 14.6 Å². The maximum atomic E-state index is 12.3. The highest BCUT2D eigenvalue weighted by molar-refractivity contribution is 5.84. The second kappa shape index (κ2) is 6.00. The van der Waals surface area contributed by atoms with Crippen LogP contribution >= 0.6 is 0 Å². The summed E-state index contributed by atoms with van der Waals surface area (Å²) in [5.41, 5.74) is 2.82. The number of methoxy groups -OCH3 is 1. The molecule has 122 valence electrons. The van der Waals surface area contributed by atoms with Crippen molar-refractivity contribution in [1.82, 2.24) is 14.9 Å².